The Morgan fingerprint density at radius 1 is 1.14 bits per heavy atom. The van der Waals surface area contributed by atoms with E-state index in [1.54, 1.807) is 0 Å². The summed E-state index contributed by atoms with van der Waals surface area (Å²) in [6, 6.07) is 3.74. The summed E-state index contributed by atoms with van der Waals surface area (Å²) < 4.78 is 61.7. The molecule has 0 unspecified atom stereocenters. The van der Waals surface area contributed by atoms with Crippen LogP contribution in [0.3, 0.4) is 0 Å². The molecule has 0 bridgehead atoms. The number of H-pyrrole nitrogens is 1. The van der Waals surface area contributed by atoms with Gasteiger partial charge in [0.2, 0.25) is 0 Å². The van der Waals surface area contributed by atoms with E-state index in [9.17, 15) is 17.6 Å². The molecule has 5 heterocycles. The second-order valence-corrected chi connectivity index (χ2v) is 8.57. The third kappa shape index (κ3) is 4.10. The molecule has 1 aliphatic heterocycles. The number of ether oxygens (including phenoxy) is 1. The molecule has 0 spiro atoms. The lowest BCUT2D eigenvalue weighted by molar-refractivity contribution is -0.141. The average Bonchev–Trinajstić information content (AvgIpc) is 3.47. The van der Waals surface area contributed by atoms with Crippen molar-refractivity contribution in [2.75, 3.05) is 25.0 Å². The van der Waals surface area contributed by atoms with Gasteiger partial charge in [-0.1, -0.05) is 0 Å². The normalized spacial score (nSPS) is 14.3. The van der Waals surface area contributed by atoms with E-state index in [0.717, 1.165) is 10.7 Å². The summed E-state index contributed by atoms with van der Waals surface area (Å²) in [5.41, 5.74) is 1.55. The van der Waals surface area contributed by atoms with Gasteiger partial charge in [-0.05, 0) is 25.1 Å². The molecule has 13 heteroatoms. The molecule has 0 amide bonds. The minimum absolute atomic E-state index is 0.0173. The van der Waals surface area contributed by atoms with Gasteiger partial charge in [0.1, 0.15) is 17.6 Å². The summed E-state index contributed by atoms with van der Waals surface area (Å²) in [6.45, 7) is 3.81. The highest BCUT2D eigenvalue weighted by Gasteiger charge is 2.34. The first kappa shape index (κ1) is 23.2. The van der Waals surface area contributed by atoms with E-state index in [0.29, 0.717) is 58.4 Å². The van der Waals surface area contributed by atoms with Gasteiger partial charge < -0.3 is 20.4 Å². The van der Waals surface area contributed by atoms with Crippen molar-refractivity contribution < 1.29 is 22.3 Å². The van der Waals surface area contributed by atoms with Crippen molar-refractivity contribution in [1.29, 1.82) is 0 Å². The Morgan fingerprint density at radius 2 is 1.92 bits per heavy atom. The van der Waals surface area contributed by atoms with Gasteiger partial charge >= 0.3 is 12.2 Å². The molecule has 0 saturated carbocycles. The van der Waals surface area contributed by atoms with Crippen LogP contribution in [0, 0.1) is 5.82 Å². The number of alkyl halides is 3. The van der Waals surface area contributed by atoms with Crippen molar-refractivity contribution in [2.24, 2.45) is 0 Å². The molecular weight excluding hydrogens is 492 g/mol. The maximum absolute atomic E-state index is 14.6. The smallest absolute Gasteiger partial charge is 0.435 e. The summed E-state index contributed by atoms with van der Waals surface area (Å²) in [6.07, 6.45) is 1.08. The van der Waals surface area contributed by atoms with Crippen molar-refractivity contribution in [3.8, 4) is 22.8 Å². The highest BCUT2D eigenvalue weighted by Crippen LogP contribution is 2.39. The Labute approximate surface area is 206 Å². The molecule has 4 aromatic heterocycles. The minimum atomic E-state index is -4.64. The maximum Gasteiger partial charge on any atom is 0.435 e. The molecule has 0 aliphatic carbocycles. The zero-order chi connectivity index (χ0) is 25.7. The maximum atomic E-state index is 14.6. The Balaban J connectivity index is 1.58. The molecule has 3 N–H and O–H groups in total. The van der Waals surface area contributed by atoms with Crippen LogP contribution in [-0.2, 0) is 6.18 Å². The van der Waals surface area contributed by atoms with E-state index >= 15 is 0 Å². The molecule has 190 valence electrons. The lowest BCUT2D eigenvalue weighted by Crippen LogP contribution is -2.50. The summed E-state index contributed by atoms with van der Waals surface area (Å²) in [5.74, 6) is -0.507. The van der Waals surface area contributed by atoms with Gasteiger partial charge in [-0.2, -0.15) is 18.3 Å². The predicted molar refractivity (Wildman–Crippen MR) is 128 cm³/mol. The third-order valence-electron chi connectivity index (χ3n) is 6.10. The molecule has 0 atom stereocenters. The van der Waals surface area contributed by atoms with Crippen LogP contribution in [0.1, 0.15) is 12.6 Å². The number of rotatable bonds is 6. The van der Waals surface area contributed by atoms with Crippen molar-refractivity contribution >= 4 is 27.6 Å². The number of hydrogen-bond donors (Lipinski definition) is 3. The monoisotopic (exact) mass is 512 g/mol. The zero-order valence-corrected chi connectivity index (χ0v) is 19.4. The predicted octanol–water partition coefficient (Wildman–Crippen LogP) is 4.30. The molecule has 5 aromatic rings. The van der Waals surface area contributed by atoms with Crippen LogP contribution in [0.4, 0.5) is 23.2 Å². The fourth-order valence-corrected chi connectivity index (χ4v) is 4.30. The molecule has 6 rings (SSSR count). The number of aromatic amines is 1. The van der Waals surface area contributed by atoms with Crippen LogP contribution < -0.4 is 15.4 Å². The summed E-state index contributed by atoms with van der Waals surface area (Å²) >= 11 is 0. The van der Waals surface area contributed by atoms with Crippen LogP contribution >= 0.6 is 0 Å². The number of hydrogen-bond acceptors (Lipinski definition) is 7. The van der Waals surface area contributed by atoms with Crippen molar-refractivity contribution in [2.45, 2.75) is 19.2 Å². The third-order valence-corrected chi connectivity index (χ3v) is 6.10. The van der Waals surface area contributed by atoms with Gasteiger partial charge in [0.15, 0.2) is 5.69 Å². The molecule has 0 radical (unpaired) electrons. The fraction of sp³-hybridized carbons (Fsp3) is 0.250. The zero-order valence-electron chi connectivity index (χ0n) is 19.4. The Bertz CT molecular complexity index is 1610. The topological polar surface area (TPSA) is 106 Å². The molecule has 1 aliphatic rings. The second kappa shape index (κ2) is 8.69. The first-order chi connectivity index (χ1) is 17.8. The quantitative estimate of drug-likeness (QED) is 0.292. The van der Waals surface area contributed by atoms with E-state index in [-0.39, 0.29) is 17.8 Å². The molecule has 1 aromatic carbocycles. The molecular formula is C24H20F4N8O. The first-order valence-corrected chi connectivity index (χ1v) is 11.5. The van der Waals surface area contributed by atoms with E-state index in [1.165, 1.54) is 36.9 Å². The Hall–Kier alpha value is -4.26. The van der Waals surface area contributed by atoms with Crippen LogP contribution in [0.25, 0.3) is 38.8 Å². The van der Waals surface area contributed by atoms with E-state index in [2.05, 4.69) is 35.7 Å². The summed E-state index contributed by atoms with van der Waals surface area (Å²) in [5, 5.41) is 10.8. The van der Waals surface area contributed by atoms with Gasteiger partial charge in [-0.3, -0.25) is 0 Å². The van der Waals surface area contributed by atoms with E-state index in [4.69, 9.17) is 4.74 Å². The van der Waals surface area contributed by atoms with E-state index < -0.39 is 17.7 Å². The fourth-order valence-electron chi connectivity index (χ4n) is 4.30. The van der Waals surface area contributed by atoms with Crippen molar-refractivity contribution in [3.05, 3.63) is 54.5 Å². The number of benzene rings is 1. The van der Waals surface area contributed by atoms with Crippen molar-refractivity contribution in [1.82, 2.24) is 35.0 Å². The standard InChI is InChI=1S/C24H20F4N8O/c1-2-30-17-6-13(25)5-15-19-21(36-4-3-18(35-36)24(26,27)28)16(11-31-22(19)34-20(15)17)12-7-32-23(33-8-12)37-14-9-29-10-14/h3-8,11,14,29-30H,2,9-10H2,1H3,(H,31,34). The first-order valence-electron chi connectivity index (χ1n) is 11.5. The number of pyridine rings is 1. The number of aromatic nitrogens is 6. The molecule has 1 fully saturated rings. The van der Waals surface area contributed by atoms with Crippen LogP contribution in [0.5, 0.6) is 6.01 Å². The van der Waals surface area contributed by atoms with Gasteiger partial charge in [0.25, 0.3) is 0 Å². The lowest BCUT2D eigenvalue weighted by Gasteiger charge is -2.26. The van der Waals surface area contributed by atoms with Gasteiger partial charge in [-0.15, -0.1) is 0 Å². The van der Waals surface area contributed by atoms with E-state index in [1.807, 2.05) is 6.92 Å². The van der Waals surface area contributed by atoms with Crippen LogP contribution in [-0.4, -0.2) is 55.5 Å². The molecule has 1 saturated heterocycles. The van der Waals surface area contributed by atoms with Crippen LogP contribution in [0.2, 0.25) is 0 Å². The largest absolute Gasteiger partial charge is 0.457 e. The number of anilines is 1. The van der Waals surface area contributed by atoms with Gasteiger partial charge in [-0.25, -0.2) is 24.0 Å². The highest BCUT2D eigenvalue weighted by atomic mass is 19.4. The number of nitrogens with zero attached hydrogens (tertiary/aromatic N) is 5. The summed E-state index contributed by atoms with van der Waals surface area (Å²) in [4.78, 5) is 16.2. The number of fused-ring (bicyclic) bond motifs is 3. The highest BCUT2D eigenvalue weighted by molar-refractivity contribution is 6.15. The van der Waals surface area contributed by atoms with Crippen LogP contribution in [0.15, 0.2) is 43.0 Å². The second-order valence-electron chi connectivity index (χ2n) is 8.57. The van der Waals surface area contributed by atoms with Gasteiger partial charge in [0.05, 0.1) is 22.3 Å². The molecule has 9 nitrogen and oxygen atoms in total. The number of nitrogens with one attached hydrogen (secondary N) is 3. The Morgan fingerprint density at radius 3 is 2.57 bits per heavy atom. The minimum Gasteiger partial charge on any atom is -0.457 e. The molecule has 37 heavy (non-hydrogen) atoms. The Kier molecular flexibility index (Phi) is 5.44. The lowest BCUT2D eigenvalue weighted by atomic mass is 10.0. The summed E-state index contributed by atoms with van der Waals surface area (Å²) in [7, 11) is 0. The number of halogens is 4. The average molecular weight is 512 g/mol. The van der Waals surface area contributed by atoms with Gasteiger partial charge in [0, 0.05) is 60.9 Å². The SMILES string of the molecule is CCNc1cc(F)cc2c1[nH]c1ncc(-c3cnc(OC4CNC4)nc3)c(-n3ccc(C(F)(F)F)n3)c12. The van der Waals surface area contributed by atoms with Crippen molar-refractivity contribution in [3.63, 3.8) is 0 Å².